The van der Waals surface area contributed by atoms with Crippen molar-refractivity contribution in [3.63, 3.8) is 0 Å². The van der Waals surface area contributed by atoms with Crippen LogP contribution in [0.4, 0.5) is 11.5 Å². The van der Waals surface area contributed by atoms with Crippen LogP contribution in [0.3, 0.4) is 0 Å². The third-order valence-corrected chi connectivity index (χ3v) is 6.36. The molecule has 0 aliphatic heterocycles. The average molecular weight is 388 g/mol. The van der Waals surface area contributed by atoms with Gasteiger partial charge in [-0.25, -0.2) is 9.97 Å². The number of methoxy groups -OCH3 is 2. The van der Waals surface area contributed by atoms with Crippen LogP contribution in [0.1, 0.15) is 23.3 Å². The molecule has 0 fully saturated rings. The maximum Gasteiger partial charge on any atom is 0.190 e. The van der Waals surface area contributed by atoms with Gasteiger partial charge in [-0.05, 0) is 49.6 Å². The van der Waals surface area contributed by atoms with Gasteiger partial charge in [-0.3, -0.25) is 0 Å². The van der Waals surface area contributed by atoms with Crippen LogP contribution in [0.15, 0.2) is 23.4 Å². The molecular formula is C19H21N3O2S2. The summed E-state index contributed by atoms with van der Waals surface area (Å²) in [6, 6.07) is 5.81. The Hall–Kier alpha value is -1.99. The number of fused-ring (bicyclic) bond motifs is 3. The summed E-state index contributed by atoms with van der Waals surface area (Å²) in [6.07, 6.45) is 6.77. The molecule has 0 spiro atoms. The quantitative estimate of drug-likeness (QED) is 0.488. The molecule has 136 valence electrons. The van der Waals surface area contributed by atoms with Crippen molar-refractivity contribution >= 4 is 44.8 Å². The molecule has 4 rings (SSSR count). The zero-order valence-corrected chi connectivity index (χ0v) is 16.7. The van der Waals surface area contributed by atoms with Crippen molar-refractivity contribution in [3.8, 4) is 11.5 Å². The standard InChI is InChI=1S/C19H21N3O2S2/c1-23-13-9-8-11(10-14(13)24-2)20-17-16-12-6-4-5-7-15(12)26-18(16)22-19(21-17)25-3/h8-10H,4-7H2,1-3H3,(H,20,21,22). The number of nitrogens with one attached hydrogen (secondary N) is 1. The minimum Gasteiger partial charge on any atom is -0.493 e. The van der Waals surface area contributed by atoms with Crippen LogP contribution >= 0.6 is 23.1 Å². The zero-order valence-electron chi connectivity index (χ0n) is 15.1. The number of aryl methyl sites for hydroxylation is 2. The second kappa shape index (κ2) is 7.32. The van der Waals surface area contributed by atoms with Gasteiger partial charge in [0.1, 0.15) is 10.6 Å². The van der Waals surface area contributed by atoms with Crippen molar-refractivity contribution in [2.45, 2.75) is 30.8 Å². The van der Waals surface area contributed by atoms with E-state index < -0.39 is 0 Å². The smallest absolute Gasteiger partial charge is 0.190 e. The fourth-order valence-corrected chi connectivity index (χ4v) is 5.05. The first kappa shape index (κ1) is 17.4. The second-order valence-electron chi connectivity index (χ2n) is 6.14. The van der Waals surface area contributed by atoms with E-state index in [0.717, 1.165) is 34.3 Å². The Morgan fingerprint density at radius 2 is 1.88 bits per heavy atom. The topological polar surface area (TPSA) is 56.3 Å². The number of hydrogen-bond donors (Lipinski definition) is 1. The second-order valence-corrected chi connectivity index (χ2v) is 8.00. The van der Waals surface area contributed by atoms with Crippen LogP contribution in [-0.4, -0.2) is 30.4 Å². The summed E-state index contributed by atoms with van der Waals surface area (Å²) in [5.74, 6) is 2.29. The van der Waals surface area contributed by atoms with Gasteiger partial charge < -0.3 is 14.8 Å². The average Bonchev–Trinajstić information content (AvgIpc) is 3.06. The van der Waals surface area contributed by atoms with E-state index in [1.165, 1.54) is 28.7 Å². The summed E-state index contributed by atoms with van der Waals surface area (Å²) in [5, 5.41) is 5.46. The molecule has 1 N–H and O–H groups in total. The third kappa shape index (κ3) is 3.10. The van der Waals surface area contributed by atoms with Crippen LogP contribution in [0.2, 0.25) is 0 Å². The van der Waals surface area contributed by atoms with Gasteiger partial charge in [0.15, 0.2) is 16.7 Å². The maximum atomic E-state index is 5.42. The Kier molecular flexibility index (Phi) is 4.91. The van der Waals surface area contributed by atoms with Gasteiger partial charge in [-0.2, -0.15) is 0 Å². The van der Waals surface area contributed by atoms with E-state index in [9.17, 15) is 0 Å². The molecule has 0 saturated heterocycles. The van der Waals surface area contributed by atoms with Gasteiger partial charge in [0.05, 0.1) is 19.6 Å². The zero-order chi connectivity index (χ0) is 18.1. The van der Waals surface area contributed by atoms with Gasteiger partial charge in [-0.15, -0.1) is 11.3 Å². The highest BCUT2D eigenvalue weighted by atomic mass is 32.2. The molecule has 7 heteroatoms. The van der Waals surface area contributed by atoms with Gasteiger partial charge in [0.2, 0.25) is 0 Å². The molecule has 1 aromatic carbocycles. The fraction of sp³-hybridized carbons (Fsp3) is 0.368. The summed E-state index contributed by atoms with van der Waals surface area (Å²) < 4.78 is 10.8. The van der Waals surface area contributed by atoms with E-state index >= 15 is 0 Å². The number of thioether (sulfide) groups is 1. The predicted octanol–water partition coefficient (Wildman–Crippen LogP) is 5.05. The van der Waals surface area contributed by atoms with E-state index in [1.54, 1.807) is 26.0 Å². The highest BCUT2D eigenvalue weighted by Gasteiger charge is 2.21. The molecule has 26 heavy (non-hydrogen) atoms. The van der Waals surface area contributed by atoms with Crippen molar-refractivity contribution in [2.75, 3.05) is 25.8 Å². The Bertz CT molecular complexity index is 956. The van der Waals surface area contributed by atoms with Crippen molar-refractivity contribution in [1.29, 1.82) is 0 Å². The van der Waals surface area contributed by atoms with Gasteiger partial charge >= 0.3 is 0 Å². The molecule has 0 saturated carbocycles. The highest BCUT2D eigenvalue weighted by molar-refractivity contribution is 7.98. The number of rotatable bonds is 5. The van der Waals surface area contributed by atoms with Crippen molar-refractivity contribution < 1.29 is 9.47 Å². The number of hydrogen-bond acceptors (Lipinski definition) is 7. The van der Waals surface area contributed by atoms with E-state index in [2.05, 4.69) is 5.32 Å². The van der Waals surface area contributed by atoms with Crippen LogP contribution in [0.5, 0.6) is 11.5 Å². The molecule has 2 aromatic heterocycles. The maximum absolute atomic E-state index is 5.42. The van der Waals surface area contributed by atoms with Crippen LogP contribution in [0.25, 0.3) is 10.2 Å². The number of nitrogens with zero attached hydrogens (tertiary/aromatic N) is 2. The van der Waals surface area contributed by atoms with Crippen molar-refractivity contribution in [1.82, 2.24) is 9.97 Å². The molecule has 0 bridgehead atoms. The van der Waals surface area contributed by atoms with Gasteiger partial charge in [0, 0.05) is 16.6 Å². The Morgan fingerprint density at radius 3 is 2.65 bits per heavy atom. The molecule has 2 heterocycles. The molecule has 1 aliphatic carbocycles. The Morgan fingerprint density at radius 1 is 1.08 bits per heavy atom. The number of benzene rings is 1. The molecule has 0 unspecified atom stereocenters. The van der Waals surface area contributed by atoms with E-state index in [1.807, 2.05) is 35.8 Å². The molecule has 1 aliphatic rings. The third-order valence-electron chi connectivity index (χ3n) is 4.62. The molecule has 0 amide bonds. The number of thiophene rings is 1. The lowest BCUT2D eigenvalue weighted by Crippen LogP contribution is -2.02. The summed E-state index contributed by atoms with van der Waals surface area (Å²) in [6.45, 7) is 0. The summed E-state index contributed by atoms with van der Waals surface area (Å²) in [7, 11) is 3.28. The minimum atomic E-state index is 0.695. The predicted molar refractivity (Wildman–Crippen MR) is 109 cm³/mol. The molecule has 0 atom stereocenters. The molecule has 0 radical (unpaired) electrons. The van der Waals surface area contributed by atoms with Crippen molar-refractivity contribution in [3.05, 3.63) is 28.6 Å². The van der Waals surface area contributed by atoms with Crippen LogP contribution in [0, 0.1) is 0 Å². The first-order chi connectivity index (χ1) is 12.7. The number of ether oxygens (including phenoxy) is 2. The molecular weight excluding hydrogens is 366 g/mol. The van der Waals surface area contributed by atoms with Crippen molar-refractivity contribution in [2.24, 2.45) is 0 Å². The summed E-state index contributed by atoms with van der Waals surface area (Å²) >= 11 is 3.39. The normalized spacial score (nSPS) is 13.5. The van der Waals surface area contributed by atoms with Crippen LogP contribution < -0.4 is 14.8 Å². The summed E-state index contributed by atoms with van der Waals surface area (Å²) in [5.41, 5.74) is 2.34. The minimum absolute atomic E-state index is 0.695. The Balaban J connectivity index is 1.81. The largest absolute Gasteiger partial charge is 0.493 e. The van der Waals surface area contributed by atoms with E-state index in [4.69, 9.17) is 19.4 Å². The highest BCUT2D eigenvalue weighted by Crippen LogP contribution is 2.40. The monoisotopic (exact) mass is 387 g/mol. The van der Waals surface area contributed by atoms with Gasteiger partial charge in [-0.1, -0.05) is 11.8 Å². The number of anilines is 2. The Labute approximate surface area is 161 Å². The van der Waals surface area contributed by atoms with Crippen LogP contribution in [-0.2, 0) is 12.8 Å². The molecule has 3 aromatic rings. The fourth-order valence-electron chi connectivity index (χ4n) is 3.37. The lowest BCUT2D eigenvalue weighted by Gasteiger charge is -2.14. The van der Waals surface area contributed by atoms with Gasteiger partial charge in [0.25, 0.3) is 0 Å². The SMILES string of the molecule is COc1ccc(Nc2nc(SC)nc3sc4c(c23)CCCC4)cc1OC. The first-order valence-corrected chi connectivity index (χ1v) is 10.6. The summed E-state index contributed by atoms with van der Waals surface area (Å²) in [4.78, 5) is 12.1. The molecule has 5 nitrogen and oxygen atoms in total. The lowest BCUT2D eigenvalue weighted by atomic mass is 9.97. The number of aromatic nitrogens is 2. The first-order valence-electron chi connectivity index (χ1n) is 8.58. The van der Waals surface area contributed by atoms with E-state index in [0.29, 0.717) is 11.5 Å². The lowest BCUT2D eigenvalue weighted by molar-refractivity contribution is 0.355. The van der Waals surface area contributed by atoms with E-state index in [-0.39, 0.29) is 0 Å².